The Morgan fingerprint density at radius 1 is 0.500 bits per heavy atom. The Labute approximate surface area is 327 Å². The van der Waals surface area contributed by atoms with Gasteiger partial charge in [-0.15, -0.1) is 0 Å². The SMILES string of the molecule is CC12CC3(c4ccc(-c5c6ccccc6c(-c6nc(-c7ccccc7)nc(-c7cccc(-c8ccc(C#N)cc8)c7)n6)c6ccccc56)cc4)C[C@H]1CC[C@H]2C3. The zero-order valence-corrected chi connectivity index (χ0v) is 31.4. The summed E-state index contributed by atoms with van der Waals surface area (Å²) in [4.78, 5) is 15.6. The minimum atomic E-state index is 0.349. The third kappa shape index (κ3) is 5.07. The molecule has 0 aliphatic heterocycles. The van der Waals surface area contributed by atoms with Crippen molar-refractivity contribution >= 4 is 21.5 Å². The topological polar surface area (TPSA) is 62.5 Å². The lowest BCUT2D eigenvalue weighted by Crippen LogP contribution is -2.26. The van der Waals surface area contributed by atoms with E-state index in [-0.39, 0.29) is 0 Å². The Morgan fingerprint density at radius 2 is 1.02 bits per heavy atom. The van der Waals surface area contributed by atoms with E-state index in [1.54, 1.807) is 5.56 Å². The van der Waals surface area contributed by atoms with Crippen molar-refractivity contribution < 1.29 is 0 Å². The summed E-state index contributed by atoms with van der Waals surface area (Å²) in [6, 6.07) is 55.6. The minimum absolute atomic E-state index is 0.349. The smallest absolute Gasteiger partial charge is 0.165 e. The summed E-state index contributed by atoms with van der Waals surface area (Å²) in [5.74, 6) is 3.67. The molecule has 0 N–H and O–H groups in total. The summed E-state index contributed by atoms with van der Waals surface area (Å²) in [6.07, 6.45) is 6.92. The average Bonchev–Trinajstić information content (AvgIpc) is 3.77. The highest BCUT2D eigenvalue weighted by atomic mass is 15.0. The molecule has 3 aliphatic carbocycles. The Kier molecular flexibility index (Phi) is 7.38. The van der Waals surface area contributed by atoms with Crippen molar-refractivity contribution in [2.75, 3.05) is 0 Å². The number of nitriles is 1. The molecule has 7 aromatic carbocycles. The van der Waals surface area contributed by atoms with Gasteiger partial charge < -0.3 is 0 Å². The molecule has 3 saturated carbocycles. The van der Waals surface area contributed by atoms with Crippen LogP contribution in [-0.2, 0) is 5.41 Å². The molecule has 1 heterocycles. The number of hydrogen-bond donors (Lipinski definition) is 0. The van der Waals surface area contributed by atoms with Crippen LogP contribution in [0.25, 0.3) is 78.0 Å². The molecule has 4 atom stereocenters. The molecule has 2 unspecified atom stereocenters. The quantitative estimate of drug-likeness (QED) is 0.160. The molecule has 0 saturated heterocycles. The Bertz CT molecular complexity index is 2800. The van der Waals surface area contributed by atoms with E-state index in [1.807, 2.05) is 48.5 Å². The highest BCUT2D eigenvalue weighted by Gasteiger charge is 2.65. The van der Waals surface area contributed by atoms with E-state index in [1.165, 1.54) is 54.0 Å². The lowest BCUT2D eigenvalue weighted by Gasteiger charge is -2.33. The number of benzene rings is 7. The molecule has 268 valence electrons. The Balaban J connectivity index is 1.08. The van der Waals surface area contributed by atoms with E-state index in [9.17, 15) is 5.26 Å². The second-order valence-electron chi connectivity index (χ2n) is 16.7. The average molecular weight is 721 g/mol. The van der Waals surface area contributed by atoms with Crippen LogP contribution in [0.5, 0.6) is 0 Å². The maximum absolute atomic E-state index is 9.35. The second-order valence-corrected chi connectivity index (χ2v) is 16.7. The molecule has 4 nitrogen and oxygen atoms in total. The van der Waals surface area contributed by atoms with Gasteiger partial charge in [0.05, 0.1) is 11.6 Å². The van der Waals surface area contributed by atoms with Gasteiger partial charge in [-0.2, -0.15) is 5.26 Å². The van der Waals surface area contributed by atoms with Gasteiger partial charge in [-0.25, -0.2) is 15.0 Å². The molecule has 4 heteroatoms. The number of hydrogen-bond acceptors (Lipinski definition) is 4. The molecule has 3 aliphatic rings. The summed E-state index contributed by atoms with van der Waals surface area (Å²) in [5.41, 5.74) is 10.5. The van der Waals surface area contributed by atoms with Crippen LogP contribution in [0.1, 0.15) is 50.2 Å². The van der Waals surface area contributed by atoms with Gasteiger partial charge in [0.15, 0.2) is 17.5 Å². The maximum Gasteiger partial charge on any atom is 0.165 e. The molecule has 0 radical (unpaired) electrons. The van der Waals surface area contributed by atoms with E-state index in [0.717, 1.165) is 50.4 Å². The van der Waals surface area contributed by atoms with E-state index >= 15 is 0 Å². The van der Waals surface area contributed by atoms with Crippen LogP contribution in [0.4, 0.5) is 0 Å². The van der Waals surface area contributed by atoms with Crippen LogP contribution in [0.15, 0.2) is 152 Å². The van der Waals surface area contributed by atoms with E-state index < -0.39 is 0 Å². The van der Waals surface area contributed by atoms with Crippen LogP contribution in [0, 0.1) is 28.6 Å². The van der Waals surface area contributed by atoms with Crippen molar-refractivity contribution in [3.05, 3.63) is 163 Å². The fraction of sp³-hybridized carbons (Fsp3) is 0.192. The van der Waals surface area contributed by atoms with Crippen LogP contribution in [-0.4, -0.2) is 15.0 Å². The van der Waals surface area contributed by atoms with Gasteiger partial charge in [-0.05, 0) is 122 Å². The third-order valence-electron chi connectivity index (χ3n) is 13.8. The first kappa shape index (κ1) is 32.9. The lowest BCUT2D eigenvalue weighted by atomic mass is 9.72. The summed E-state index contributed by atoms with van der Waals surface area (Å²) < 4.78 is 0. The van der Waals surface area contributed by atoms with Crippen molar-refractivity contribution in [2.24, 2.45) is 17.3 Å². The fourth-order valence-electron chi connectivity index (χ4n) is 11.2. The van der Waals surface area contributed by atoms with Gasteiger partial charge in [0.2, 0.25) is 0 Å². The Hall–Kier alpha value is -6.44. The first-order chi connectivity index (χ1) is 27.5. The number of aromatic nitrogens is 3. The summed E-state index contributed by atoms with van der Waals surface area (Å²) in [7, 11) is 0. The molecule has 11 rings (SSSR count). The van der Waals surface area contributed by atoms with Gasteiger partial charge in [-0.3, -0.25) is 0 Å². The zero-order chi connectivity index (χ0) is 37.4. The van der Waals surface area contributed by atoms with Crippen LogP contribution >= 0.6 is 0 Å². The van der Waals surface area contributed by atoms with Gasteiger partial charge >= 0.3 is 0 Å². The number of rotatable bonds is 6. The highest BCUT2D eigenvalue weighted by molar-refractivity contribution is 6.20. The molecule has 56 heavy (non-hydrogen) atoms. The summed E-state index contributed by atoms with van der Waals surface area (Å²) >= 11 is 0. The van der Waals surface area contributed by atoms with E-state index in [2.05, 4.69) is 116 Å². The minimum Gasteiger partial charge on any atom is -0.208 e. The standard InChI is InChI=1S/C52H40N4/c1-51-32-52(29-40(51)26-27-41(51)30-52)39-24-22-35(23-25-39)46-42-14-5-7-16-44(42)47(45-17-8-6-15-43(45)46)50-55-48(36-10-3-2-4-11-36)54-49(56-50)38-13-9-12-37(28-38)34-20-18-33(31-53)19-21-34/h2-25,28,40-41H,26-27,29-30,32H2,1H3/t40-,41+,51?,52?. The van der Waals surface area contributed by atoms with Crippen molar-refractivity contribution in [2.45, 2.75) is 44.4 Å². The molecule has 2 bridgehead atoms. The molecular weight excluding hydrogens is 681 g/mol. The van der Waals surface area contributed by atoms with E-state index in [0.29, 0.717) is 33.9 Å². The van der Waals surface area contributed by atoms with Crippen molar-refractivity contribution in [1.82, 2.24) is 15.0 Å². The molecule has 8 aromatic rings. The highest BCUT2D eigenvalue weighted by Crippen LogP contribution is 2.72. The van der Waals surface area contributed by atoms with Crippen LogP contribution < -0.4 is 0 Å². The normalized spacial score (nSPS) is 22.1. The maximum atomic E-state index is 9.35. The molecule has 0 amide bonds. The predicted molar refractivity (Wildman–Crippen MR) is 227 cm³/mol. The largest absolute Gasteiger partial charge is 0.208 e. The van der Waals surface area contributed by atoms with Crippen LogP contribution in [0.2, 0.25) is 0 Å². The molecule has 3 fully saturated rings. The van der Waals surface area contributed by atoms with E-state index in [4.69, 9.17) is 15.0 Å². The monoisotopic (exact) mass is 720 g/mol. The van der Waals surface area contributed by atoms with Crippen molar-refractivity contribution in [3.8, 4) is 62.5 Å². The van der Waals surface area contributed by atoms with Gasteiger partial charge in [0.1, 0.15) is 0 Å². The lowest BCUT2D eigenvalue weighted by molar-refractivity contribution is 0.195. The first-order valence-electron chi connectivity index (χ1n) is 20.0. The number of fused-ring (bicyclic) bond motifs is 3. The molecular formula is C52H40N4. The van der Waals surface area contributed by atoms with Crippen LogP contribution in [0.3, 0.4) is 0 Å². The zero-order valence-electron chi connectivity index (χ0n) is 31.4. The van der Waals surface area contributed by atoms with Gasteiger partial charge in [0.25, 0.3) is 0 Å². The van der Waals surface area contributed by atoms with Gasteiger partial charge in [0, 0.05) is 16.7 Å². The fourth-order valence-corrected chi connectivity index (χ4v) is 11.2. The third-order valence-corrected chi connectivity index (χ3v) is 13.8. The predicted octanol–water partition coefficient (Wildman–Crippen LogP) is 12.9. The van der Waals surface area contributed by atoms with Crippen molar-refractivity contribution in [3.63, 3.8) is 0 Å². The number of nitrogens with zero attached hydrogens (tertiary/aromatic N) is 4. The molecule has 0 spiro atoms. The summed E-state index contributed by atoms with van der Waals surface area (Å²) in [5, 5.41) is 14.0. The summed E-state index contributed by atoms with van der Waals surface area (Å²) in [6.45, 7) is 2.59. The van der Waals surface area contributed by atoms with Crippen molar-refractivity contribution in [1.29, 1.82) is 5.26 Å². The van der Waals surface area contributed by atoms with Gasteiger partial charge in [-0.1, -0.05) is 140 Å². The molecule has 1 aromatic heterocycles. The first-order valence-corrected chi connectivity index (χ1v) is 20.0. The second kappa shape index (κ2) is 12.5. The Morgan fingerprint density at radius 3 is 1.62 bits per heavy atom.